The van der Waals surface area contributed by atoms with Crippen LogP contribution in [0, 0.1) is 5.82 Å². The maximum Gasteiger partial charge on any atom is 0.137 e. The third kappa shape index (κ3) is 3.01. The largest absolute Gasteiger partial charge is 0.346 e. The minimum atomic E-state index is -0.234. The van der Waals surface area contributed by atoms with Crippen molar-refractivity contribution in [1.82, 2.24) is 25.1 Å². The summed E-state index contributed by atoms with van der Waals surface area (Å²) in [4.78, 5) is 9.98. The van der Waals surface area contributed by atoms with Crippen LogP contribution in [0.1, 0.15) is 17.5 Å². The molecule has 0 bridgehead atoms. The van der Waals surface area contributed by atoms with E-state index in [0.717, 1.165) is 43.0 Å². The normalized spacial score (nSPS) is 15.1. The third-order valence-corrected chi connectivity index (χ3v) is 5.35. The lowest BCUT2D eigenvalue weighted by Crippen LogP contribution is -2.28. The highest BCUT2D eigenvalue weighted by Gasteiger charge is 2.19. The molecule has 1 aromatic carbocycles. The van der Waals surface area contributed by atoms with Gasteiger partial charge in [0.2, 0.25) is 0 Å². The fourth-order valence-electron chi connectivity index (χ4n) is 3.89. The molecule has 3 aromatic heterocycles. The van der Waals surface area contributed by atoms with Crippen molar-refractivity contribution in [2.24, 2.45) is 0 Å². The molecule has 28 heavy (non-hydrogen) atoms. The number of benzene rings is 1. The maximum absolute atomic E-state index is 14.2. The molecule has 1 aliphatic heterocycles. The first kappa shape index (κ1) is 16.9. The minimum absolute atomic E-state index is 0.234. The second-order valence-corrected chi connectivity index (χ2v) is 7.07. The van der Waals surface area contributed by atoms with E-state index in [1.54, 1.807) is 24.5 Å². The number of rotatable bonds is 4. The molecule has 0 aliphatic carbocycles. The van der Waals surface area contributed by atoms with Gasteiger partial charge in [-0.25, -0.2) is 9.37 Å². The summed E-state index contributed by atoms with van der Waals surface area (Å²) in [5.41, 5.74) is 5.84. The Bertz CT molecular complexity index is 1160. The number of hydrogen-bond donors (Lipinski definition) is 2. The van der Waals surface area contributed by atoms with E-state index in [0.29, 0.717) is 5.56 Å². The monoisotopic (exact) mass is 373 g/mol. The molecule has 4 heterocycles. The second kappa shape index (κ2) is 7.05. The van der Waals surface area contributed by atoms with E-state index in [1.807, 2.05) is 18.3 Å². The number of pyridine rings is 1. The molecule has 0 fully saturated rings. The number of nitrogens with one attached hydrogen (secondary N) is 2. The molecule has 4 aromatic rings. The van der Waals surface area contributed by atoms with Gasteiger partial charge in [-0.05, 0) is 36.3 Å². The Morgan fingerprint density at radius 2 is 2.04 bits per heavy atom. The highest BCUT2D eigenvalue weighted by molar-refractivity contribution is 5.90. The van der Waals surface area contributed by atoms with Crippen LogP contribution >= 0.6 is 0 Å². The van der Waals surface area contributed by atoms with E-state index in [1.165, 1.54) is 22.6 Å². The summed E-state index contributed by atoms with van der Waals surface area (Å²) in [6.45, 7) is 2.53. The highest BCUT2D eigenvalue weighted by atomic mass is 19.1. The predicted octanol–water partition coefficient (Wildman–Crippen LogP) is 4.38. The molecule has 2 N–H and O–H groups in total. The van der Waals surface area contributed by atoms with Crippen LogP contribution in [0.2, 0.25) is 0 Å². The minimum Gasteiger partial charge on any atom is -0.346 e. The number of aromatic nitrogens is 4. The van der Waals surface area contributed by atoms with Crippen molar-refractivity contribution in [1.29, 1.82) is 0 Å². The Kier molecular flexibility index (Phi) is 4.25. The Balaban J connectivity index is 1.35. The lowest BCUT2D eigenvalue weighted by atomic mass is 9.99. The number of aromatic amines is 2. The maximum atomic E-state index is 14.2. The zero-order chi connectivity index (χ0) is 18.9. The number of halogens is 1. The topological polar surface area (TPSA) is 60.6 Å². The van der Waals surface area contributed by atoms with Crippen molar-refractivity contribution in [3.63, 3.8) is 0 Å². The van der Waals surface area contributed by atoms with E-state index in [9.17, 15) is 4.39 Å². The average Bonchev–Trinajstić information content (AvgIpc) is 3.36. The number of fused-ring (bicyclic) bond motifs is 1. The summed E-state index contributed by atoms with van der Waals surface area (Å²) in [5.74, 6) is -0.234. The van der Waals surface area contributed by atoms with Gasteiger partial charge in [0.25, 0.3) is 0 Å². The van der Waals surface area contributed by atoms with Crippen molar-refractivity contribution in [3.8, 4) is 11.3 Å². The number of hydrogen-bond acceptors (Lipinski definition) is 3. The molecule has 0 amide bonds. The molecular weight excluding hydrogens is 353 g/mol. The molecule has 0 radical (unpaired) electrons. The molecule has 140 valence electrons. The van der Waals surface area contributed by atoms with Gasteiger partial charge in [0.05, 0.1) is 11.9 Å². The fourth-order valence-corrected chi connectivity index (χ4v) is 3.89. The first-order valence-electron chi connectivity index (χ1n) is 9.40. The average molecular weight is 373 g/mol. The quantitative estimate of drug-likeness (QED) is 0.558. The molecular formula is C22H20FN5. The summed E-state index contributed by atoms with van der Waals surface area (Å²) < 4.78 is 14.2. The molecule has 0 saturated carbocycles. The SMILES string of the molecule is Fc1ccccc1-c1[nH]ncc1CN1CC=C(c2c[nH]c3ncccc23)CC1. The smallest absolute Gasteiger partial charge is 0.137 e. The summed E-state index contributed by atoms with van der Waals surface area (Å²) in [5, 5.41) is 8.28. The van der Waals surface area contributed by atoms with Crippen LogP contribution in [0.5, 0.6) is 0 Å². The van der Waals surface area contributed by atoms with Crippen molar-refractivity contribution in [2.45, 2.75) is 13.0 Å². The van der Waals surface area contributed by atoms with Gasteiger partial charge < -0.3 is 4.98 Å². The number of H-pyrrole nitrogens is 2. The van der Waals surface area contributed by atoms with Crippen LogP contribution in [-0.4, -0.2) is 38.2 Å². The van der Waals surface area contributed by atoms with Gasteiger partial charge >= 0.3 is 0 Å². The van der Waals surface area contributed by atoms with Crippen molar-refractivity contribution < 1.29 is 4.39 Å². The third-order valence-electron chi connectivity index (χ3n) is 5.35. The Morgan fingerprint density at radius 1 is 1.11 bits per heavy atom. The Hall–Kier alpha value is -3.25. The summed E-state index contributed by atoms with van der Waals surface area (Å²) in [7, 11) is 0. The first-order chi connectivity index (χ1) is 13.8. The number of nitrogens with zero attached hydrogens (tertiary/aromatic N) is 3. The summed E-state index contributed by atoms with van der Waals surface area (Å²) in [6, 6.07) is 10.9. The van der Waals surface area contributed by atoms with Crippen molar-refractivity contribution >= 4 is 16.6 Å². The molecule has 1 aliphatic rings. The first-order valence-corrected chi connectivity index (χ1v) is 9.40. The van der Waals surface area contributed by atoms with Crippen LogP contribution in [-0.2, 0) is 6.54 Å². The standard InChI is InChI=1S/C22H20FN5/c23-20-6-2-1-4-18(20)21-16(12-26-27-21)14-28-10-7-15(8-11-28)19-13-25-22-17(19)5-3-9-24-22/h1-7,9,12-13H,8,10-11,14H2,(H,24,25)(H,26,27). The van der Waals surface area contributed by atoms with Crippen molar-refractivity contribution in [2.75, 3.05) is 13.1 Å². The van der Waals surface area contributed by atoms with Gasteiger partial charge in [-0.3, -0.25) is 10.00 Å². The highest BCUT2D eigenvalue weighted by Crippen LogP contribution is 2.30. The van der Waals surface area contributed by atoms with Crippen LogP contribution in [0.4, 0.5) is 4.39 Å². The predicted molar refractivity (Wildman–Crippen MR) is 108 cm³/mol. The lowest BCUT2D eigenvalue weighted by molar-refractivity contribution is 0.294. The Morgan fingerprint density at radius 3 is 2.89 bits per heavy atom. The molecule has 5 rings (SSSR count). The van der Waals surface area contributed by atoms with Gasteiger partial charge in [0, 0.05) is 54.1 Å². The lowest BCUT2D eigenvalue weighted by Gasteiger charge is -2.26. The van der Waals surface area contributed by atoms with E-state index in [-0.39, 0.29) is 5.82 Å². The molecule has 0 spiro atoms. The van der Waals surface area contributed by atoms with E-state index in [2.05, 4.69) is 37.2 Å². The molecule has 0 atom stereocenters. The molecule has 5 nitrogen and oxygen atoms in total. The zero-order valence-corrected chi connectivity index (χ0v) is 15.3. The molecule has 0 unspecified atom stereocenters. The van der Waals surface area contributed by atoms with Gasteiger partial charge in [-0.2, -0.15) is 5.10 Å². The summed E-state index contributed by atoms with van der Waals surface area (Å²) in [6.07, 6.45) is 8.90. The van der Waals surface area contributed by atoms with Gasteiger partial charge in [0.15, 0.2) is 0 Å². The Labute approximate surface area is 161 Å². The van der Waals surface area contributed by atoms with E-state index in [4.69, 9.17) is 0 Å². The van der Waals surface area contributed by atoms with Crippen LogP contribution in [0.3, 0.4) is 0 Å². The van der Waals surface area contributed by atoms with Crippen LogP contribution in [0.15, 0.2) is 61.1 Å². The van der Waals surface area contributed by atoms with Crippen LogP contribution < -0.4 is 0 Å². The van der Waals surface area contributed by atoms with Gasteiger partial charge in [-0.1, -0.05) is 18.2 Å². The summed E-state index contributed by atoms with van der Waals surface area (Å²) >= 11 is 0. The van der Waals surface area contributed by atoms with E-state index < -0.39 is 0 Å². The van der Waals surface area contributed by atoms with Crippen LogP contribution in [0.25, 0.3) is 27.9 Å². The fraction of sp³-hybridized carbons (Fsp3) is 0.182. The zero-order valence-electron chi connectivity index (χ0n) is 15.3. The van der Waals surface area contributed by atoms with Gasteiger partial charge in [-0.15, -0.1) is 0 Å². The molecule has 6 heteroatoms. The van der Waals surface area contributed by atoms with E-state index >= 15 is 0 Å². The van der Waals surface area contributed by atoms with Crippen molar-refractivity contribution in [3.05, 3.63) is 78.0 Å². The molecule has 0 saturated heterocycles. The second-order valence-electron chi connectivity index (χ2n) is 7.07. The van der Waals surface area contributed by atoms with Gasteiger partial charge in [0.1, 0.15) is 11.5 Å².